The number of nitrogens with one attached hydrogen (secondary N) is 1. The molecule has 0 radical (unpaired) electrons. The minimum Gasteiger partial charge on any atom is -0.390 e. The normalized spacial score (nSPS) is 16.9. The number of carbonyl (C=O) groups excluding carboxylic acids is 1. The first kappa shape index (κ1) is 17.3. The molecule has 0 aromatic heterocycles. The Balaban J connectivity index is 1.96. The van der Waals surface area contributed by atoms with Crippen LogP contribution >= 0.6 is 0 Å². The molecular weight excluding hydrogens is 290 g/mol. The molecule has 1 aliphatic rings. The lowest BCUT2D eigenvalue weighted by molar-refractivity contribution is 0.0603. The van der Waals surface area contributed by atoms with Crippen LogP contribution in [0, 0.1) is 6.92 Å². The van der Waals surface area contributed by atoms with E-state index in [1.807, 2.05) is 30.9 Å². The van der Waals surface area contributed by atoms with Crippen molar-refractivity contribution in [3.8, 4) is 0 Å². The van der Waals surface area contributed by atoms with Crippen LogP contribution in [0.3, 0.4) is 0 Å². The second kappa shape index (κ2) is 7.99. The Hall–Kier alpha value is -2.04. The molecule has 0 spiro atoms. The highest BCUT2D eigenvalue weighted by atomic mass is 16.6. The summed E-state index contributed by atoms with van der Waals surface area (Å²) in [4.78, 5) is 19.7. The minimum absolute atomic E-state index is 0.0326. The van der Waals surface area contributed by atoms with Crippen LogP contribution in [0.2, 0.25) is 0 Å². The first-order chi connectivity index (χ1) is 11.0. The first-order valence-electron chi connectivity index (χ1n) is 8.35. The molecular formula is C18H27N3O2. The van der Waals surface area contributed by atoms with Crippen molar-refractivity contribution >= 4 is 11.7 Å². The standard InChI is InChI=1S/C18H27N3O2/c1-5-10-21(18(22)19-13(2)3)12-15-11-17(20-23-15)16-9-7-6-8-14(16)4/h6-9,13,15H,5,10-12H2,1-4H3,(H,19,22)/t15-/m1/s1. The molecule has 126 valence electrons. The monoisotopic (exact) mass is 317 g/mol. The molecule has 0 bridgehead atoms. The highest BCUT2D eigenvalue weighted by molar-refractivity contribution is 6.02. The lowest BCUT2D eigenvalue weighted by atomic mass is 10.0. The van der Waals surface area contributed by atoms with E-state index < -0.39 is 0 Å². The summed E-state index contributed by atoms with van der Waals surface area (Å²) in [5.41, 5.74) is 3.29. The van der Waals surface area contributed by atoms with E-state index in [2.05, 4.69) is 36.5 Å². The smallest absolute Gasteiger partial charge is 0.317 e. The van der Waals surface area contributed by atoms with Crippen LogP contribution in [0.25, 0.3) is 0 Å². The maximum atomic E-state index is 12.3. The summed E-state index contributed by atoms with van der Waals surface area (Å²) in [6.07, 6.45) is 1.58. The van der Waals surface area contributed by atoms with E-state index in [0.717, 1.165) is 30.7 Å². The fourth-order valence-electron chi connectivity index (χ4n) is 2.71. The molecule has 0 unspecified atom stereocenters. The van der Waals surface area contributed by atoms with Crippen LogP contribution < -0.4 is 5.32 Å². The molecule has 1 aliphatic heterocycles. The third-order valence-corrected chi connectivity index (χ3v) is 3.81. The van der Waals surface area contributed by atoms with Crippen LogP contribution in [0.15, 0.2) is 29.4 Å². The van der Waals surface area contributed by atoms with Gasteiger partial charge in [-0.25, -0.2) is 4.79 Å². The Morgan fingerprint density at radius 3 is 2.83 bits per heavy atom. The van der Waals surface area contributed by atoms with Crippen molar-refractivity contribution in [1.29, 1.82) is 0 Å². The molecule has 23 heavy (non-hydrogen) atoms. The van der Waals surface area contributed by atoms with Crippen molar-refractivity contribution in [2.75, 3.05) is 13.1 Å². The predicted molar refractivity (Wildman–Crippen MR) is 92.7 cm³/mol. The maximum Gasteiger partial charge on any atom is 0.317 e. The van der Waals surface area contributed by atoms with Gasteiger partial charge in [0.1, 0.15) is 0 Å². The number of hydrogen-bond acceptors (Lipinski definition) is 3. The van der Waals surface area contributed by atoms with Gasteiger partial charge in [0.25, 0.3) is 0 Å². The van der Waals surface area contributed by atoms with E-state index in [9.17, 15) is 4.79 Å². The van der Waals surface area contributed by atoms with E-state index >= 15 is 0 Å². The molecule has 2 amide bonds. The van der Waals surface area contributed by atoms with Crippen molar-refractivity contribution in [1.82, 2.24) is 10.2 Å². The maximum absolute atomic E-state index is 12.3. The van der Waals surface area contributed by atoms with E-state index in [0.29, 0.717) is 6.54 Å². The van der Waals surface area contributed by atoms with E-state index in [-0.39, 0.29) is 18.2 Å². The summed E-state index contributed by atoms with van der Waals surface area (Å²) in [5.74, 6) is 0. The minimum atomic E-state index is -0.0749. The zero-order valence-corrected chi connectivity index (χ0v) is 14.5. The van der Waals surface area contributed by atoms with Crippen molar-refractivity contribution in [3.63, 3.8) is 0 Å². The van der Waals surface area contributed by atoms with Crippen molar-refractivity contribution in [3.05, 3.63) is 35.4 Å². The number of nitrogens with zero attached hydrogens (tertiary/aromatic N) is 2. The van der Waals surface area contributed by atoms with Crippen LogP contribution in [-0.2, 0) is 4.84 Å². The number of carbonyl (C=O) groups is 1. The predicted octanol–water partition coefficient (Wildman–Crippen LogP) is 3.32. The Bertz CT molecular complexity index is 569. The molecule has 0 fully saturated rings. The summed E-state index contributed by atoms with van der Waals surface area (Å²) >= 11 is 0. The van der Waals surface area contributed by atoms with Gasteiger partial charge in [-0.3, -0.25) is 0 Å². The highest BCUT2D eigenvalue weighted by Crippen LogP contribution is 2.20. The topological polar surface area (TPSA) is 53.9 Å². The van der Waals surface area contributed by atoms with Gasteiger partial charge in [-0.2, -0.15) is 0 Å². The molecule has 0 aliphatic carbocycles. The lowest BCUT2D eigenvalue weighted by Crippen LogP contribution is -2.46. The van der Waals surface area contributed by atoms with E-state index in [4.69, 9.17) is 4.84 Å². The summed E-state index contributed by atoms with van der Waals surface area (Å²) in [6, 6.07) is 8.27. The number of amides is 2. The van der Waals surface area contributed by atoms with Crippen LogP contribution in [0.4, 0.5) is 4.79 Å². The number of hydrogen-bond donors (Lipinski definition) is 1. The molecule has 1 aromatic carbocycles. The average Bonchev–Trinajstić information content (AvgIpc) is 2.95. The van der Waals surface area contributed by atoms with Crippen molar-refractivity contribution in [2.45, 2.75) is 52.7 Å². The average molecular weight is 317 g/mol. The van der Waals surface area contributed by atoms with Gasteiger partial charge in [-0.1, -0.05) is 36.3 Å². The fraction of sp³-hybridized carbons (Fsp3) is 0.556. The molecule has 0 saturated carbocycles. The summed E-state index contributed by atoms with van der Waals surface area (Å²) in [7, 11) is 0. The SMILES string of the molecule is CCCN(C[C@H]1CC(c2ccccc2C)=NO1)C(=O)NC(C)C. The Kier molecular flexibility index (Phi) is 6.02. The Morgan fingerprint density at radius 1 is 1.43 bits per heavy atom. The van der Waals surface area contributed by atoms with Crippen LogP contribution in [0.1, 0.15) is 44.7 Å². The largest absolute Gasteiger partial charge is 0.390 e. The van der Waals surface area contributed by atoms with Gasteiger partial charge in [0.15, 0.2) is 6.10 Å². The van der Waals surface area contributed by atoms with Gasteiger partial charge >= 0.3 is 6.03 Å². The van der Waals surface area contributed by atoms with Gasteiger partial charge in [-0.15, -0.1) is 0 Å². The number of urea groups is 1. The first-order valence-corrected chi connectivity index (χ1v) is 8.35. The van der Waals surface area contributed by atoms with Crippen molar-refractivity contribution < 1.29 is 9.63 Å². The molecule has 1 atom stereocenters. The number of aryl methyl sites for hydroxylation is 1. The van der Waals surface area contributed by atoms with E-state index in [1.165, 1.54) is 5.56 Å². The lowest BCUT2D eigenvalue weighted by Gasteiger charge is -2.25. The third kappa shape index (κ3) is 4.71. The zero-order chi connectivity index (χ0) is 16.8. The molecule has 0 saturated heterocycles. The number of rotatable bonds is 6. The molecule has 5 heteroatoms. The van der Waals surface area contributed by atoms with Gasteiger partial charge in [0, 0.05) is 24.6 Å². The molecule has 2 rings (SSSR count). The molecule has 1 heterocycles. The van der Waals surface area contributed by atoms with Gasteiger partial charge in [-0.05, 0) is 32.8 Å². The fourth-order valence-corrected chi connectivity index (χ4v) is 2.71. The third-order valence-electron chi connectivity index (χ3n) is 3.81. The Labute approximate surface area is 138 Å². The summed E-state index contributed by atoms with van der Waals surface area (Å²) in [6.45, 7) is 9.36. The molecule has 1 aromatic rings. The number of benzene rings is 1. The highest BCUT2D eigenvalue weighted by Gasteiger charge is 2.27. The second-order valence-corrected chi connectivity index (χ2v) is 6.33. The van der Waals surface area contributed by atoms with E-state index in [1.54, 1.807) is 0 Å². The van der Waals surface area contributed by atoms with Gasteiger partial charge in [0.05, 0.1) is 12.3 Å². The molecule has 5 nitrogen and oxygen atoms in total. The van der Waals surface area contributed by atoms with Gasteiger partial charge < -0.3 is 15.1 Å². The second-order valence-electron chi connectivity index (χ2n) is 6.33. The Morgan fingerprint density at radius 2 is 2.17 bits per heavy atom. The quantitative estimate of drug-likeness (QED) is 0.875. The van der Waals surface area contributed by atoms with Crippen LogP contribution in [0.5, 0.6) is 0 Å². The van der Waals surface area contributed by atoms with Crippen molar-refractivity contribution in [2.24, 2.45) is 5.16 Å². The zero-order valence-electron chi connectivity index (χ0n) is 14.5. The molecule has 1 N–H and O–H groups in total. The van der Waals surface area contributed by atoms with Gasteiger partial charge in [0.2, 0.25) is 0 Å². The summed E-state index contributed by atoms with van der Waals surface area (Å²) in [5, 5.41) is 7.19. The van der Waals surface area contributed by atoms with Crippen LogP contribution in [-0.4, -0.2) is 41.9 Å². The number of oxime groups is 1. The summed E-state index contributed by atoms with van der Waals surface area (Å²) < 4.78 is 0.